The number of phenols is 1. The normalized spacial score (nSPS) is 32.7. The second-order valence-corrected chi connectivity index (χ2v) is 8.76. The van der Waals surface area contributed by atoms with E-state index in [1.165, 1.54) is 11.1 Å². The molecule has 3 aliphatic rings. The average molecular weight is 356 g/mol. The second-order valence-electron chi connectivity index (χ2n) is 8.76. The van der Waals surface area contributed by atoms with Crippen LogP contribution in [0.2, 0.25) is 0 Å². The highest BCUT2D eigenvalue weighted by Crippen LogP contribution is 2.59. The number of aromatic hydroxyl groups is 1. The minimum Gasteiger partial charge on any atom is -0.508 e. The van der Waals surface area contributed by atoms with E-state index in [4.69, 9.17) is 5.11 Å². The van der Waals surface area contributed by atoms with Crippen LogP contribution in [0.25, 0.3) is 0 Å². The Kier molecular flexibility index (Phi) is 4.32. The van der Waals surface area contributed by atoms with Crippen LogP contribution in [0.5, 0.6) is 5.75 Å². The van der Waals surface area contributed by atoms with Gasteiger partial charge in [-0.3, -0.25) is 9.59 Å². The zero-order chi connectivity index (χ0) is 18.5. The molecule has 1 aromatic rings. The Morgan fingerprint density at radius 3 is 2.81 bits per heavy atom. The SMILES string of the molecule is C[C@]12CCC3c4cc(CCCC(=O)O)c(O)cc4CCC3C1CCC2=O. The third-order valence-corrected chi connectivity index (χ3v) is 7.47. The first-order valence-corrected chi connectivity index (χ1v) is 10.00. The van der Waals surface area contributed by atoms with Gasteiger partial charge in [0.25, 0.3) is 0 Å². The molecule has 2 N–H and O–H groups in total. The van der Waals surface area contributed by atoms with Gasteiger partial charge in [-0.25, -0.2) is 0 Å². The summed E-state index contributed by atoms with van der Waals surface area (Å²) in [6, 6.07) is 4.05. The fraction of sp³-hybridized carbons (Fsp3) is 0.636. The summed E-state index contributed by atoms with van der Waals surface area (Å²) >= 11 is 0. The fourth-order valence-corrected chi connectivity index (χ4v) is 6.06. The van der Waals surface area contributed by atoms with Crippen LogP contribution in [0.1, 0.15) is 74.5 Å². The molecular weight excluding hydrogens is 328 g/mol. The van der Waals surface area contributed by atoms with E-state index in [1.54, 1.807) is 0 Å². The molecule has 1 aromatic carbocycles. The van der Waals surface area contributed by atoms with Gasteiger partial charge in [-0.15, -0.1) is 0 Å². The van der Waals surface area contributed by atoms with E-state index in [1.807, 2.05) is 6.07 Å². The molecule has 0 spiro atoms. The Morgan fingerprint density at radius 1 is 1.23 bits per heavy atom. The van der Waals surface area contributed by atoms with Gasteiger partial charge in [0, 0.05) is 18.3 Å². The third-order valence-electron chi connectivity index (χ3n) is 7.47. The number of ketones is 1. The maximum absolute atomic E-state index is 12.4. The van der Waals surface area contributed by atoms with E-state index in [9.17, 15) is 14.7 Å². The van der Waals surface area contributed by atoms with E-state index >= 15 is 0 Å². The average Bonchev–Trinajstić information content (AvgIpc) is 2.90. The summed E-state index contributed by atoms with van der Waals surface area (Å²) in [7, 11) is 0. The summed E-state index contributed by atoms with van der Waals surface area (Å²) in [5, 5.41) is 19.2. The molecule has 3 unspecified atom stereocenters. The molecule has 4 nitrogen and oxygen atoms in total. The summed E-state index contributed by atoms with van der Waals surface area (Å²) in [5.74, 6) is 1.55. The van der Waals surface area contributed by atoms with Crippen LogP contribution >= 0.6 is 0 Å². The Morgan fingerprint density at radius 2 is 2.04 bits per heavy atom. The quantitative estimate of drug-likeness (QED) is 0.847. The number of phenolic OH excluding ortho intramolecular Hbond substituents is 1. The molecule has 3 aliphatic carbocycles. The molecule has 4 rings (SSSR count). The van der Waals surface area contributed by atoms with Crippen molar-refractivity contribution < 1.29 is 19.8 Å². The summed E-state index contributed by atoms with van der Waals surface area (Å²) in [4.78, 5) is 23.2. The van der Waals surface area contributed by atoms with Crippen molar-refractivity contribution in [1.82, 2.24) is 0 Å². The molecule has 0 heterocycles. The second kappa shape index (κ2) is 6.40. The van der Waals surface area contributed by atoms with Crippen LogP contribution < -0.4 is 0 Å². The van der Waals surface area contributed by atoms with E-state index in [0.29, 0.717) is 42.1 Å². The number of carboxylic acids is 1. The summed E-state index contributed by atoms with van der Waals surface area (Å²) < 4.78 is 0. The lowest BCUT2D eigenvalue weighted by Crippen LogP contribution is -2.42. The van der Waals surface area contributed by atoms with Gasteiger partial charge in [-0.1, -0.05) is 13.0 Å². The number of carbonyl (C=O) groups is 2. The van der Waals surface area contributed by atoms with E-state index < -0.39 is 5.97 Å². The Hall–Kier alpha value is -1.84. The molecule has 2 fully saturated rings. The number of hydrogen-bond donors (Lipinski definition) is 2. The van der Waals surface area contributed by atoms with Gasteiger partial charge in [0.1, 0.15) is 11.5 Å². The predicted octanol–water partition coefficient (Wildman–Crippen LogP) is 4.22. The summed E-state index contributed by atoms with van der Waals surface area (Å²) in [6.07, 6.45) is 7.17. The first-order chi connectivity index (χ1) is 12.4. The van der Waals surface area contributed by atoms with Gasteiger partial charge in [-0.2, -0.15) is 0 Å². The highest BCUT2D eigenvalue weighted by atomic mass is 16.4. The molecule has 2 saturated carbocycles. The van der Waals surface area contributed by atoms with Gasteiger partial charge >= 0.3 is 5.97 Å². The monoisotopic (exact) mass is 356 g/mol. The number of fused-ring (bicyclic) bond motifs is 5. The lowest BCUT2D eigenvalue weighted by Gasteiger charge is -2.48. The van der Waals surface area contributed by atoms with Gasteiger partial charge in [0.2, 0.25) is 0 Å². The van der Waals surface area contributed by atoms with Crippen molar-refractivity contribution in [2.45, 2.75) is 70.6 Å². The molecule has 26 heavy (non-hydrogen) atoms. The summed E-state index contributed by atoms with van der Waals surface area (Å²) in [5.41, 5.74) is 3.37. The molecular formula is C22H28O4. The first kappa shape index (κ1) is 17.6. The van der Waals surface area contributed by atoms with Crippen LogP contribution in [0.3, 0.4) is 0 Å². The smallest absolute Gasteiger partial charge is 0.303 e. The third kappa shape index (κ3) is 2.74. The number of benzene rings is 1. The zero-order valence-electron chi connectivity index (χ0n) is 15.5. The lowest BCUT2D eigenvalue weighted by molar-refractivity contribution is -0.137. The molecule has 0 saturated heterocycles. The molecule has 0 aliphatic heterocycles. The molecule has 0 aromatic heterocycles. The maximum Gasteiger partial charge on any atom is 0.303 e. The fourth-order valence-electron chi connectivity index (χ4n) is 6.06. The minimum absolute atomic E-state index is 0.111. The van der Waals surface area contributed by atoms with Crippen molar-refractivity contribution in [1.29, 1.82) is 0 Å². The van der Waals surface area contributed by atoms with E-state index in [0.717, 1.165) is 44.1 Å². The van der Waals surface area contributed by atoms with Crippen LogP contribution in [-0.2, 0) is 22.4 Å². The van der Waals surface area contributed by atoms with Gasteiger partial charge in [-0.05, 0) is 85.5 Å². The molecule has 4 atom stereocenters. The Balaban J connectivity index is 1.61. The van der Waals surface area contributed by atoms with Crippen molar-refractivity contribution in [3.63, 3.8) is 0 Å². The van der Waals surface area contributed by atoms with Crippen LogP contribution in [0.15, 0.2) is 12.1 Å². The van der Waals surface area contributed by atoms with Crippen molar-refractivity contribution in [3.05, 3.63) is 28.8 Å². The standard InChI is InChI=1S/C22H28O4/c1-22-10-9-15-16(18(22)7-8-20(22)24)6-5-13-12-19(23)14(11-17(13)15)3-2-4-21(25)26/h11-12,15-16,18,23H,2-10H2,1H3,(H,25,26)/t15?,16?,18?,22-/m0/s1. The van der Waals surface area contributed by atoms with Crippen LogP contribution in [0, 0.1) is 17.3 Å². The van der Waals surface area contributed by atoms with Crippen molar-refractivity contribution >= 4 is 11.8 Å². The number of hydrogen-bond acceptors (Lipinski definition) is 3. The highest BCUT2D eigenvalue weighted by molar-refractivity contribution is 5.87. The van der Waals surface area contributed by atoms with Crippen molar-refractivity contribution in [3.8, 4) is 5.75 Å². The van der Waals surface area contributed by atoms with Gasteiger partial charge in [0.15, 0.2) is 0 Å². The largest absolute Gasteiger partial charge is 0.508 e. The molecule has 4 heteroatoms. The zero-order valence-corrected chi connectivity index (χ0v) is 15.5. The van der Waals surface area contributed by atoms with Crippen LogP contribution in [0.4, 0.5) is 0 Å². The topological polar surface area (TPSA) is 74.6 Å². The Labute approximate surface area is 154 Å². The van der Waals surface area contributed by atoms with Crippen molar-refractivity contribution in [2.24, 2.45) is 17.3 Å². The first-order valence-electron chi connectivity index (χ1n) is 10.00. The Bertz CT molecular complexity index is 753. The van der Waals surface area contributed by atoms with Gasteiger partial charge in [0.05, 0.1) is 0 Å². The maximum atomic E-state index is 12.4. The molecule has 0 amide bonds. The van der Waals surface area contributed by atoms with E-state index in [2.05, 4.69) is 13.0 Å². The van der Waals surface area contributed by atoms with Gasteiger partial charge < -0.3 is 10.2 Å². The lowest BCUT2D eigenvalue weighted by atomic mass is 9.55. The van der Waals surface area contributed by atoms with Crippen molar-refractivity contribution in [2.75, 3.05) is 0 Å². The minimum atomic E-state index is -0.792. The van der Waals surface area contributed by atoms with E-state index in [-0.39, 0.29) is 11.8 Å². The number of carboxylic acid groups (broad SMARTS) is 1. The predicted molar refractivity (Wildman–Crippen MR) is 98.3 cm³/mol. The number of rotatable bonds is 4. The number of aliphatic carboxylic acids is 1. The van der Waals surface area contributed by atoms with Crippen LogP contribution in [-0.4, -0.2) is 22.0 Å². The number of carbonyl (C=O) groups excluding carboxylic acids is 1. The highest BCUT2D eigenvalue weighted by Gasteiger charge is 2.54. The number of Topliss-reactive ketones (excluding diaryl/α,β-unsaturated/α-hetero) is 1. The summed E-state index contributed by atoms with van der Waals surface area (Å²) in [6.45, 7) is 2.19. The number of aryl methyl sites for hydroxylation is 2. The molecule has 0 radical (unpaired) electrons. The molecule has 0 bridgehead atoms. The molecule has 140 valence electrons.